The largest absolute Gasteiger partial charge is 0.447 e. The molecule has 3 rings (SSSR count). The molecule has 1 heterocycles. The first-order valence-electron chi connectivity index (χ1n) is 9.14. The Morgan fingerprint density at radius 2 is 1.62 bits per heavy atom. The number of imide groups is 1. The van der Waals surface area contributed by atoms with Crippen LogP contribution in [0.4, 0.5) is 4.79 Å². The van der Waals surface area contributed by atoms with Gasteiger partial charge in [-0.1, -0.05) is 74.5 Å². The zero-order valence-corrected chi connectivity index (χ0v) is 15.3. The molecule has 0 spiro atoms. The Morgan fingerprint density at radius 3 is 2.19 bits per heavy atom. The molecule has 0 bridgehead atoms. The Labute approximate surface area is 154 Å². The maximum atomic E-state index is 13.2. The van der Waals surface area contributed by atoms with Crippen LogP contribution in [0.25, 0.3) is 0 Å². The van der Waals surface area contributed by atoms with Gasteiger partial charge in [-0.25, -0.2) is 9.69 Å². The first-order chi connectivity index (χ1) is 12.6. The molecular formula is C22H25NO3. The Hall–Kier alpha value is -2.62. The monoisotopic (exact) mass is 351 g/mol. The number of rotatable bonds is 6. The fraction of sp³-hybridized carbons (Fsp3) is 0.364. The summed E-state index contributed by atoms with van der Waals surface area (Å²) in [6.45, 7) is 4.31. The zero-order valence-electron chi connectivity index (χ0n) is 15.3. The minimum absolute atomic E-state index is 0.132. The van der Waals surface area contributed by atoms with Crippen molar-refractivity contribution in [2.24, 2.45) is 11.8 Å². The molecule has 1 aliphatic heterocycles. The molecule has 26 heavy (non-hydrogen) atoms. The molecule has 1 aliphatic rings. The topological polar surface area (TPSA) is 46.6 Å². The third-order valence-electron chi connectivity index (χ3n) is 4.93. The van der Waals surface area contributed by atoms with Crippen molar-refractivity contribution in [1.82, 2.24) is 4.90 Å². The molecule has 0 aromatic heterocycles. The molecule has 0 unspecified atom stereocenters. The number of ether oxygens (including phenoxy) is 1. The molecule has 0 radical (unpaired) electrons. The molecule has 0 saturated carbocycles. The molecule has 2 aromatic rings. The number of benzene rings is 2. The molecule has 0 aliphatic carbocycles. The molecule has 2 aromatic carbocycles. The maximum Gasteiger partial charge on any atom is 0.416 e. The van der Waals surface area contributed by atoms with Crippen LogP contribution in [0, 0.1) is 11.8 Å². The van der Waals surface area contributed by atoms with Gasteiger partial charge in [0.25, 0.3) is 0 Å². The van der Waals surface area contributed by atoms with Crippen molar-refractivity contribution in [3.05, 3.63) is 71.8 Å². The van der Waals surface area contributed by atoms with Crippen molar-refractivity contribution in [3.8, 4) is 0 Å². The quantitative estimate of drug-likeness (QED) is 0.787. The summed E-state index contributed by atoms with van der Waals surface area (Å²) in [5.41, 5.74) is 2.20. The molecule has 0 N–H and O–H groups in total. The number of hydrogen-bond acceptors (Lipinski definition) is 3. The van der Waals surface area contributed by atoms with E-state index in [0.717, 1.165) is 11.1 Å². The lowest BCUT2D eigenvalue weighted by Crippen LogP contribution is -2.45. The second-order valence-electron chi connectivity index (χ2n) is 7.17. The summed E-state index contributed by atoms with van der Waals surface area (Å²) < 4.78 is 5.22. The van der Waals surface area contributed by atoms with Gasteiger partial charge < -0.3 is 4.74 Å². The lowest BCUT2D eigenvalue weighted by Gasteiger charge is -2.27. The highest BCUT2D eigenvalue weighted by Gasteiger charge is 2.41. The maximum absolute atomic E-state index is 13.2. The van der Waals surface area contributed by atoms with E-state index in [9.17, 15) is 9.59 Å². The minimum Gasteiger partial charge on any atom is -0.447 e. The Kier molecular flexibility index (Phi) is 5.71. The van der Waals surface area contributed by atoms with Crippen LogP contribution in [0.15, 0.2) is 60.7 Å². The van der Waals surface area contributed by atoms with E-state index in [1.54, 1.807) is 0 Å². The smallest absolute Gasteiger partial charge is 0.416 e. The summed E-state index contributed by atoms with van der Waals surface area (Å²) in [5.74, 6) is -0.248. The van der Waals surface area contributed by atoms with Gasteiger partial charge in [0.1, 0.15) is 6.61 Å². The first-order valence-corrected chi connectivity index (χ1v) is 9.14. The van der Waals surface area contributed by atoms with Gasteiger partial charge in [-0.2, -0.15) is 0 Å². The van der Waals surface area contributed by atoms with E-state index in [1.807, 2.05) is 74.5 Å². The van der Waals surface area contributed by atoms with Crippen molar-refractivity contribution in [1.29, 1.82) is 0 Å². The molecule has 2 amide bonds. The Morgan fingerprint density at radius 1 is 1.04 bits per heavy atom. The van der Waals surface area contributed by atoms with Crippen LogP contribution in [0.1, 0.15) is 25.0 Å². The number of amides is 2. The van der Waals surface area contributed by atoms with E-state index in [-0.39, 0.29) is 30.4 Å². The van der Waals surface area contributed by atoms with Gasteiger partial charge in [0, 0.05) is 5.92 Å². The van der Waals surface area contributed by atoms with Gasteiger partial charge >= 0.3 is 6.09 Å². The average molecular weight is 351 g/mol. The number of carbonyl (C=O) groups excluding carboxylic acids is 2. The minimum atomic E-state index is -0.519. The summed E-state index contributed by atoms with van der Waals surface area (Å²) in [6.07, 6.45) is 0.725. The fourth-order valence-electron chi connectivity index (χ4n) is 3.42. The van der Waals surface area contributed by atoms with Crippen LogP contribution < -0.4 is 0 Å². The fourth-order valence-corrected chi connectivity index (χ4v) is 3.42. The van der Waals surface area contributed by atoms with Gasteiger partial charge in [0.05, 0.1) is 6.04 Å². The van der Waals surface area contributed by atoms with Crippen LogP contribution in [-0.4, -0.2) is 29.5 Å². The van der Waals surface area contributed by atoms with E-state index in [1.165, 1.54) is 4.90 Å². The molecule has 4 nitrogen and oxygen atoms in total. The number of carbonyl (C=O) groups is 2. The molecule has 136 valence electrons. The molecule has 1 fully saturated rings. The van der Waals surface area contributed by atoms with Crippen molar-refractivity contribution < 1.29 is 14.3 Å². The molecule has 4 heteroatoms. The average Bonchev–Trinajstić information content (AvgIpc) is 3.01. The predicted octanol–water partition coefficient (Wildman–Crippen LogP) is 4.09. The van der Waals surface area contributed by atoms with E-state index in [2.05, 4.69) is 0 Å². The van der Waals surface area contributed by atoms with Gasteiger partial charge in [-0.3, -0.25) is 4.79 Å². The lowest BCUT2D eigenvalue weighted by molar-refractivity contribution is -0.134. The van der Waals surface area contributed by atoms with Crippen LogP contribution in [0.5, 0.6) is 0 Å². The van der Waals surface area contributed by atoms with Gasteiger partial charge in [-0.05, 0) is 29.9 Å². The van der Waals surface area contributed by atoms with Gasteiger partial charge in [-0.15, -0.1) is 0 Å². The van der Waals surface area contributed by atoms with E-state index >= 15 is 0 Å². The van der Waals surface area contributed by atoms with Crippen LogP contribution in [0.3, 0.4) is 0 Å². The van der Waals surface area contributed by atoms with Crippen LogP contribution in [-0.2, 0) is 22.4 Å². The normalized spacial score (nSPS) is 18.0. The van der Waals surface area contributed by atoms with E-state index < -0.39 is 6.09 Å². The molecular weight excluding hydrogens is 326 g/mol. The highest BCUT2D eigenvalue weighted by Crippen LogP contribution is 2.25. The second-order valence-corrected chi connectivity index (χ2v) is 7.17. The molecule has 2 atom stereocenters. The van der Waals surface area contributed by atoms with E-state index in [0.29, 0.717) is 12.8 Å². The second kappa shape index (κ2) is 8.17. The Bertz CT molecular complexity index is 742. The van der Waals surface area contributed by atoms with Crippen molar-refractivity contribution in [2.75, 3.05) is 6.61 Å². The third kappa shape index (κ3) is 4.13. The predicted molar refractivity (Wildman–Crippen MR) is 101 cm³/mol. The van der Waals surface area contributed by atoms with Crippen LogP contribution >= 0.6 is 0 Å². The summed E-state index contributed by atoms with van der Waals surface area (Å²) in [6, 6.07) is 19.6. The van der Waals surface area contributed by atoms with E-state index in [4.69, 9.17) is 4.74 Å². The Balaban J connectivity index is 1.78. The summed E-state index contributed by atoms with van der Waals surface area (Å²) >= 11 is 0. The van der Waals surface area contributed by atoms with Crippen LogP contribution in [0.2, 0.25) is 0 Å². The summed E-state index contributed by atoms with van der Waals surface area (Å²) in [5, 5.41) is 0. The SMILES string of the molecule is CC(C)[C@H](Cc1ccccc1)C(=O)N1C(=O)OC[C@@H]1Cc1ccccc1. The summed E-state index contributed by atoms with van der Waals surface area (Å²) in [4.78, 5) is 26.9. The summed E-state index contributed by atoms with van der Waals surface area (Å²) in [7, 11) is 0. The highest BCUT2D eigenvalue weighted by atomic mass is 16.6. The lowest BCUT2D eigenvalue weighted by atomic mass is 9.87. The van der Waals surface area contributed by atoms with Crippen molar-refractivity contribution in [3.63, 3.8) is 0 Å². The van der Waals surface area contributed by atoms with Gasteiger partial charge in [0.15, 0.2) is 0 Å². The highest BCUT2D eigenvalue weighted by molar-refractivity contribution is 5.95. The standard InChI is InChI=1S/C22H25NO3/c1-16(2)20(14-18-11-7-4-8-12-18)21(24)23-19(15-26-22(23)25)13-17-9-5-3-6-10-17/h3-12,16,19-20H,13-15H2,1-2H3/t19-,20-/m0/s1. The van der Waals surface area contributed by atoms with Crippen molar-refractivity contribution >= 4 is 12.0 Å². The van der Waals surface area contributed by atoms with Crippen molar-refractivity contribution in [2.45, 2.75) is 32.7 Å². The third-order valence-corrected chi connectivity index (χ3v) is 4.93. The molecule has 1 saturated heterocycles. The van der Waals surface area contributed by atoms with Gasteiger partial charge in [0.2, 0.25) is 5.91 Å². The zero-order chi connectivity index (χ0) is 18.5. The number of cyclic esters (lactones) is 1. The number of hydrogen-bond donors (Lipinski definition) is 0. The number of nitrogens with zero attached hydrogens (tertiary/aromatic N) is 1. The first kappa shape index (κ1) is 18.2.